The molecule has 1 atom stereocenters. The fraction of sp³-hybridized carbons (Fsp3) is 0.579. The standard InChI is InChI=1S/C19H28N2O6S/c1-14-8-11-21(12-9-14)28(24,25)17-6-4-16(5-7-17)19(23)27-15(2)18(22)20-10-13-26-3/h4-7,14-15H,8-13H2,1-3H3,(H,20,22)/t15-/m0/s1. The highest BCUT2D eigenvalue weighted by Crippen LogP contribution is 2.23. The van der Waals surface area contributed by atoms with Gasteiger partial charge in [-0.25, -0.2) is 13.2 Å². The maximum Gasteiger partial charge on any atom is 0.338 e. The van der Waals surface area contributed by atoms with E-state index in [0.29, 0.717) is 32.2 Å². The lowest BCUT2D eigenvalue weighted by molar-refractivity contribution is -0.129. The molecule has 1 amide bonds. The topological polar surface area (TPSA) is 102 Å². The van der Waals surface area contributed by atoms with Crippen molar-refractivity contribution < 1.29 is 27.5 Å². The van der Waals surface area contributed by atoms with E-state index in [9.17, 15) is 18.0 Å². The van der Waals surface area contributed by atoms with Crippen LogP contribution < -0.4 is 5.32 Å². The van der Waals surface area contributed by atoms with Crippen LogP contribution in [0.1, 0.15) is 37.0 Å². The summed E-state index contributed by atoms with van der Waals surface area (Å²) in [7, 11) is -2.05. The van der Waals surface area contributed by atoms with Gasteiger partial charge in [-0.05, 0) is 49.9 Å². The Labute approximate surface area is 166 Å². The second-order valence-corrected chi connectivity index (χ2v) is 8.88. The zero-order valence-corrected chi connectivity index (χ0v) is 17.3. The van der Waals surface area contributed by atoms with Gasteiger partial charge in [0.1, 0.15) is 0 Å². The number of esters is 1. The first kappa shape index (κ1) is 22.3. The van der Waals surface area contributed by atoms with E-state index >= 15 is 0 Å². The summed E-state index contributed by atoms with van der Waals surface area (Å²) in [5, 5.41) is 2.58. The van der Waals surface area contributed by atoms with Crippen LogP contribution in [0.5, 0.6) is 0 Å². The molecule has 0 saturated carbocycles. The summed E-state index contributed by atoms with van der Waals surface area (Å²) in [5.74, 6) is -0.591. The highest BCUT2D eigenvalue weighted by Gasteiger charge is 2.28. The van der Waals surface area contributed by atoms with Crippen molar-refractivity contribution in [3.05, 3.63) is 29.8 Å². The Morgan fingerprint density at radius 3 is 2.39 bits per heavy atom. The summed E-state index contributed by atoms with van der Waals surface area (Å²) < 4.78 is 36.9. The van der Waals surface area contributed by atoms with E-state index in [4.69, 9.17) is 9.47 Å². The van der Waals surface area contributed by atoms with Gasteiger partial charge in [-0.3, -0.25) is 4.79 Å². The maximum absolute atomic E-state index is 12.7. The van der Waals surface area contributed by atoms with Crippen LogP contribution in [-0.2, 0) is 24.3 Å². The van der Waals surface area contributed by atoms with Gasteiger partial charge in [-0.2, -0.15) is 4.31 Å². The number of methoxy groups -OCH3 is 1. The molecule has 1 fully saturated rings. The molecule has 0 bridgehead atoms. The molecule has 1 N–H and O–H groups in total. The SMILES string of the molecule is COCCNC(=O)[C@H](C)OC(=O)c1ccc(S(=O)(=O)N2CCC(C)CC2)cc1. The van der Waals surface area contributed by atoms with Gasteiger partial charge in [-0.15, -0.1) is 0 Å². The first-order valence-electron chi connectivity index (χ1n) is 9.33. The Balaban J connectivity index is 1.97. The van der Waals surface area contributed by atoms with Crippen LogP contribution in [0.2, 0.25) is 0 Å². The Kier molecular flexibility index (Phi) is 7.97. The predicted octanol–water partition coefficient (Wildman–Crippen LogP) is 1.42. The minimum atomic E-state index is -3.57. The normalized spacial score (nSPS) is 17.1. The van der Waals surface area contributed by atoms with Gasteiger partial charge in [0, 0.05) is 26.7 Å². The lowest BCUT2D eigenvalue weighted by Crippen LogP contribution is -2.38. The fourth-order valence-electron chi connectivity index (χ4n) is 2.84. The van der Waals surface area contributed by atoms with Gasteiger partial charge in [0.25, 0.3) is 5.91 Å². The summed E-state index contributed by atoms with van der Waals surface area (Å²) in [6, 6.07) is 5.59. The molecule has 1 aromatic carbocycles. The number of nitrogens with zero attached hydrogens (tertiary/aromatic N) is 1. The molecule has 8 nitrogen and oxygen atoms in total. The largest absolute Gasteiger partial charge is 0.449 e. The number of carbonyl (C=O) groups is 2. The van der Waals surface area contributed by atoms with Gasteiger partial charge >= 0.3 is 5.97 Å². The van der Waals surface area contributed by atoms with Crippen LogP contribution >= 0.6 is 0 Å². The van der Waals surface area contributed by atoms with Crippen LogP contribution in [-0.4, -0.2) is 64.1 Å². The molecule has 9 heteroatoms. The molecule has 1 aromatic rings. The molecular formula is C19H28N2O6S. The second-order valence-electron chi connectivity index (χ2n) is 6.94. The van der Waals surface area contributed by atoms with E-state index in [-0.39, 0.29) is 10.5 Å². The van der Waals surface area contributed by atoms with Crippen LogP contribution in [0.4, 0.5) is 0 Å². The van der Waals surface area contributed by atoms with Gasteiger partial charge in [-0.1, -0.05) is 6.92 Å². The number of benzene rings is 1. The number of carbonyl (C=O) groups excluding carboxylic acids is 2. The molecule has 0 unspecified atom stereocenters. The average molecular weight is 413 g/mol. The molecule has 0 spiro atoms. The molecule has 1 saturated heterocycles. The summed E-state index contributed by atoms with van der Waals surface area (Å²) in [6.45, 7) is 5.27. The van der Waals surface area contributed by atoms with Crippen molar-refractivity contribution in [3.8, 4) is 0 Å². The lowest BCUT2D eigenvalue weighted by Gasteiger charge is -2.29. The zero-order chi connectivity index (χ0) is 20.7. The van der Waals surface area contributed by atoms with Crippen LogP contribution in [0, 0.1) is 5.92 Å². The molecule has 1 heterocycles. The first-order valence-corrected chi connectivity index (χ1v) is 10.8. The Bertz CT molecular complexity index is 770. The second kappa shape index (κ2) is 9.99. The summed E-state index contributed by atoms with van der Waals surface area (Å²) >= 11 is 0. The highest BCUT2D eigenvalue weighted by molar-refractivity contribution is 7.89. The molecule has 0 aromatic heterocycles. The predicted molar refractivity (Wildman–Crippen MR) is 103 cm³/mol. The fourth-order valence-corrected chi connectivity index (χ4v) is 4.31. The third-order valence-corrected chi connectivity index (χ3v) is 6.64. The lowest BCUT2D eigenvalue weighted by atomic mass is 10.0. The van der Waals surface area contributed by atoms with E-state index in [2.05, 4.69) is 12.2 Å². The van der Waals surface area contributed by atoms with E-state index in [1.54, 1.807) is 0 Å². The van der Waals surface area contributed by atoms with Gasteiger partial charge in [0.15, 0.2) is 6.10 Å². The number of rotatable bonds is 8. The van der Waals surface area contributed by atoms with E-state index in [0.717, 1.165) is 12.8 Å². The Morgan fingerprint density at radius 2 is 1.82 bits per heavy atom. The number of ether oxygens (including phenoxy) is 2. The number of piperidine rings is 1. The minimum absolute atomic E-state index is 0.143. The molecule has 1 aliphatic heterocycles. The van der Waals surface area contributed by atoms with Gasteiger partial charge in [0.2, 0.25) is 10.0 Å². The summed E-state index contributed by atoms with van der Waals surface area (Å²) in [5.41, 5.74) is 0.183. The van der Waals surface area contributed by atoms with Crippen LogP contribution in [0.15, 0.2) is 29.2 Å². The maximum atomic E-state index is 12.7. The monoisotopic (exact) mass is 412 g/mol. The molecule has 1 aliphatic rings. The average Bonchev–Trinajstić information content (AvgIpc) is 2.68. The molecular weight excluding hydrogens is 384 g/mol. The van der Waals surface area contributed by atoms with Crippen molar-refractivity contribution in [1.29, 1.82) is 0 Å². The smallest absolute Gasteiger partial charge is 0.338 e. The molecule has 2 rings (SSSR count). The molecule has 0 radical (unpaired) electrons. The number of amides is 1. The van der Waals surface area contributed by atoms with Gasteiger partial charge in [0.05, 0.1) is 17.1 Å². The number of hydrogen-bond donors (Lipinski definition) is 1. The third kappa shape index (κ3) is 5.76. The highest BCUT2D eigenvalue weighted by atomic mass is 32.2. The van der Waals surface area contributed by atoms with Crippen molar-refractivity contribution in [2.24, 2.45) is 5.92 Å². The number of sulfonamides is 1. The third-order valence-electron chi connectivity index (χ3n) is 4.73. The van der Waals surface area contributed by atoms with Crippen molar-refractivity contribution in [2.75, 3.05) is 33.4 Å². The molecule has 156 valence electrons. The Morgan fingerprint density at radius 1 is 1.21 bits per heavy atom. The van der Waals surface area contributed by atoms with Crippen molar-refractivity contribution in [2.45, 2.75) is 37.7 Å². The number of nitrogens with one attached hydrogen (secondary N) is 1. The van der Waals surface area contributed by atoms with E-state index in [1.807, 2.05) is 0 Å². The van der Waals surface area contributed by atoms with Crippen molar-refractivity contribution >= 4 is 21.9 Å². The quantitative estimate of drug-likeness (QED) is 0.512. The van der Waals surface area contributed by atoms with Gasteiger partial charge < -0.3 is 14.8 Å². The van der Waals surface area contributed by atoms with E-state index in [1.165, 1.54) is 42.6 Å². The van der Waals surface area contributed by atoms with E-state index < -0.39 is 28.0 Å². The first-order chi connectivity index (χ1) is 13.3. The summed E-state index contributed by atoms with van der Waals surface area (Å²) in [4.78, 5) is 24.2. The summed E-state index contributed by atoms with van der Waals surface area (Å²) in [6.07, 6.45) is 0.713. The van der Waals surface area contributed by atoms with Crippen molar-refractivity contribution in [1.82, 2.24) is 9.62 Å². The number of hydrogen-bond acceptors (Lipinski definition) is 6. The zero-order valence-electron chi connectivity index (χ0n) is 16.5. The van der Waals surface area contributed by atoms with Crippen molar-refractivity contribution in [3.63, 3.8) is 0 Å². The van der Waals surface area contributed by atoms with Crippen LogP contribution in [0.25, 0.3) is 0 Å². The molecule has 0 aliphatic carbocycles. The van der Waals surface area contributed by atoms with Crippen LogP contribution in [0.3, 0.4) is 0 Å². The Hall–Kier alpha value is -1.97. The molecule has 28 heavy (non-hydrogen) atoms. The minimum Gasteiger partial charge on any atom is -0.449 e.